The lowest BCUT2D eigenvalue weighted by molar-refractivity contribution is -0.138. The third-order valence-electron chi connectivity index (χ3n) is 3.40. The number of hydrogen-bond donors (Lipinski definition) is 7. The monoisotopic (exact) mass is 382 g/mol. The molecular weight excluding hydrogens is 360 g/mol. The summed E-state index contributed by atoms with van der Waals surface area (Å²) in [6.07, 6.45) is 0.185. The number of hydrogen-bond acceptors (Lipinski definition) is 7. The Hall–Kier alpha value is -3.18. The number of phenolic OH excluding ortho intramolecular Hbond substituents is 1. The average Bonchev–Trinajstić information content (AvgIpc) is 2.63. The van der Waals surface area contributed by atoms with Crippen LogP contribution in [0.3, 0.4) is 0 Å². The lowest BCUT2D eigenvalue weighted by Gasteiger charge is -2.16. The zero-order chi connectivity index (χ0) is 20.4. The van der Waals surface area contributed by atoms with Crippen molar-refractivity contribution in [3.05, 3.63) is 29.8 Å². The summed E-state index contributed by atoms with van der Waals surface area (Å²) in [5, 5.41) is 33.3. The van der Waals surface area contributed by atoms with Gasteiger partial charge in [-0.15, -0.1) is 0 Å². The van der Waals surface area contributed by atoms with Gasteiger partial charge in [0.15, 0.2) is 0 Å². The molecule has 0 radical (unpaired) electrons. The number of nitrogens with two attached hydrogens (primary N) is 1. The lowest BCUT2D eigenvalue weighted by Crippen LogP contribution is -2.53. The number of phenols is 1. The van der Waals surface area contributed by atoms with Gasteiger partial charge in [0, 0.05) is 0 Å². The summed E-state index contributed by atoms with van der Waals surface area (Å²) in [5.41, 5.74) is 6.47. The van der Waals surface area contributed by atoms with Crippen LogP contribution in [0.1, 0.15) is 5.56 Å². The molecule has 8 N–H and O–H groups in total. The smallest absolute Gasteiger partial charge is 0.322 e. The molecule has 11 nitrogen and oxygen atoms in total. The molecule has 1 rings (SSSR count). The van der Waals surface area contributed by atoms with Gasteiger partial charge in [-0.25, -0.2) is 0 Å². The second-order valence-electron chi connectivity index (χ2n) is 5.61. The van der Waals surface area contributed by atoms with Gasteiger partial charge in [0.05, 0.1) is 19.2 Å². The Kier molecular flexibility index (Phi) is 8.69. The number of aliphatic hydroxyl groups is 1. The van der Waals surface area contributed by atoms with Gasteiger partial charge < -0.3 is 37.0 Å². The molecule has 0 bridgehead atoms. The van der Waals surface area contributed by atoms with Crippen molar-refractivity contribution in [2.75, 3.05) is 19.7 Å². The van der Waals surface area contributed by atoms with E-state index in [9.17, 15) is 24.3 Å². The predicted octanol–water partition coefficient (Wildman–Crippen LogP) is -2.94. The molecule has 0 aliphatic rings. The number of rotatable bonds is 10. The third kappa shape index (κ3) is 8.16. The molecule has 1 aromatic carbocycles. The van der Waals surface area contributed by atoms with E-state index in [1.807, 2.05) is 5.32 Å². The lowest BCUT2D eigenvalue weighted by atomic mass is 10.1. The van der Waals surface area contributed by atoms with Crippen LogP contribution >= 0.6 is 0 Å². The SMILES string of the molecule is NC(Cc1ccc(O)cc1)C(=O)NCC(=O)NC(CO)C(=O)NCC(=O)O. The molecule has 0 saturated heterocycles. The van der Waals surface area contributed by atoms with Gasteiger partial charge in [0.2, 0.25) is 17.7 Å². The first kappa shape index (κ1) is 21.9. The van der Waals surface area contributed by atoms with E-state index in [-0.39, 0.29) is 12.2 Å². The standard InChI is InChI=1S/C16H22N4O7/c17-11(5-9-1-3-10(22)4-2-9)15(26)18-6-13(23)20-12(8-21)16(27)19-7-14(24)25/h1-4,11-12,21-22H,5-8,17H2,(H,18,26)(H,19,27)(H,20,23)(H,24,25). The Balaban J connectivity index is 2.42. The third-order valence-corrected chi connectivity index (χ3v) is 3.40. The first-order valence-electron chi connectivity index (χ1n) is 7.93. The van der Waals surface area contributed by atoms with E-state index in [2.05, 4.69) is 10.6 Å². The molecule has 3 amide bonds. The number of amides is 3. The first-order chi connectivity index (χ1) is 12.7. The van der Waals surface area contributed by atoms with Crippen molar-refractivity contribution >= 4 is 23.7 Å². The molecule has 2 unspecified atom stereocenters. The van der Waals surface area contributed by atoms with Crippen molar-refractivity contribution < 1.29 is 34.5 Å². The van der Waals surface area contributed by atoms with E-state index in [1.165, 1.54) is 12.1 Å². The molecule has 11 heteroatoms. The Bertz CT molecular complexity index is 678. The molecule has 0 aliphatic heterocycles. The summed E-state index contributed by atoms with van der Waals surface area (Å²) < 4.78 is 0. The van der Waals surface area contributed by atoms with Crippen LogP contribution in [0, 0.1) is 0 Å². The molecule has 2 atom stereocenters. The van der Waals surface area contributed by atoms with E-state index < -0.39 is 55.5 Å². The Morgan fingerprint density at radius 2 is 1.59 bits per heavy atom. The number of aromatic hydroxyl groups is 1. The number of benzene rings is 1. The minimum atomic E-state index is -1.35. The van der Waals surface area contributed by atoms with Crippen LogP contribution in [0.2, 0.25) is 0 Å². The molecule has 0 spiro atoms. The summed E-state index contributed by atoms with van der Waals surface area (Å²) in [4.78, 5) is 45.7. The molecule has 27 heavy (non-hydrogen) atoms. The summed E-state index contributed by atoms with van der Waals surface area (Å²) in [7, 11) is 0. The fourth-order valence-electron chi connectivity index (χ4n) is 2.00. The summed E-state index contributed by atoms with van der Waals surface area (Å²) in [6.45, 7) is -1.88. The zero-order valence-electron chi connectivity index (χ0n) is 14.3. The zero-order valence-corrected chi connectivity index (χ0v) is 14.3. The van der Waals surface area contributed by atoms with Crippen molar-refractivity contribution in [3.8, 4) is 5.75 Å². The molecule has 0 saturated carbocycles. The van der Waals surface area contributed by atoms with E-state index in [0.29, 0.717) is 0 Å². The first-order valence-corrected chi connectivity index (χ1v) is 7.93. The number of carbonyl (C=O) groups excluding carboxylic acids is 3. The van der Waals surface area contributed by atoms with Crippen molar-refractivity contribution in [2.45, 2.75) is 18.5 Å². The quantitative estimate of drug-likeness (QED) is 0.223. The topological polar surface area (TPSA) is 191 Å². The number of aliphatic carboxylic acids is 1. The Labute approximate surface area is 154 Å². The van der Waals surface area contributed by atoms with Gasteiger partial charge >= 0.3 is 5.97 Å². The number of aliphatic hydroxyl groups excluding tert-OH is 1. The van der Waals surface area contributed by atoms with Crippen LogP contribution in [-0.4, -0.2) is 70.8 Å². The highest BCUT2D eigenvalue weighted by atomic mass is 16.4. The van der Waals surface area contributed by atoms with E-state index in [1.54, 1.807) is 12.1 Å². The van der Waals surface area contributed by atoms with Gasteiger partial charge in [-0.3, -0.25) is 19.2 Å². The Morgan fingerprint density at radius 3 is 2.15 bits per heavy atom. The normalized spacial score (nSPS) is 12.5. The average molecular weight is 382 g/mol. The van der Waals surface area contributed by atoms with Gasteiger partial charge in [0.25, 0.3) is 0 Å². The highest BCUT2D eigenvalue weighted by Gasteiger charge is 2.21. The molecule has 0 aromatic heterocycles. The van der Waals surface area contributed by atoms with E-state index in [4.69, 9.17) is 15.9 Å². The fraction of sp³-hybridized carbons (Fsp3) is 0.375. The fourth-order valence-corrected chi connectivity index (χ4v) is 2.00. The van der Waals surface area contributed by atoms with Crippen LogP contribution in [0.5, 0.6) is 5.75 Å². The van der Waals surface area contributed by atoms with Gasteiger partial charge in [0.1, 0.15) is 18.3 Å². The maximum Gasteiger partial charge on any atom is 0.322 e. The summed E-state index contributed by atoms with van der Waals surface area (Å²) in [5.74, 6) is -3.43. The Morgan fingerprint density at radius 1 is 1.00 bits per heavy atom. The van der Waals surface area contributed by atoms with Gasteiger partial charge in [-0.2, -0.15) is 0 Å². The molecule has 148 valence electrons. The van der Waals surface area contributed by atoms with E-state index >= 15 is 0 Å². The van der Waals surface area contributed by atoms with Crippen LogP contribution in [0.25, 0.3) is 0 Å². The van der Waals surface area contributed by atoms with Crippen LogP contribution < -0.4 is 21.7 Å². The minimum Gasteiger partial charge on any atom is -0.508 e. The van der Waals surface area contributed by atoms with Crippen LogP contribution in [0.15, 0.2) is 24.3 Å². The van der Waals surface area contributed by atoms with Gasteiger partial charge in [-0.1, -0.05) is 12.1 Å². The molecule has 0 aliphatic carbocycles. The highest BCUT2D eigenvalue weighted by molar-refractivity contribution is 5.92. The van der Waals surface area contributed by atoms with Crippen LogP contribution in [0.4, 0.5) is 0 Å². The van der Waals surface area contributed by atoms with Gasteiger partial charge in [-0.05, 0) is 24.1 Å². The number of carboxylic acids is 1. The van der Waals surface area contributed by atoms with Crippen molar-refractivity contribution in [3.63, 3.8) is 0 Å². The number of carbonyl (C=O) groups is 4. The molecular formula is C16H22N4O7. The maximum atomic E-state index is 11.9. The second kappa shape index (κ2) is 10.7. The molecule has 0 heterocycles. The minimum absolute atomic E-state index is 0.0827. The molecule has 0 fully saturated rings. The van der Waals surface area contributed by atoms with E-state index in [0.717, 1.165) is 5.56 Å². The summed E-state index contributed by atoms with van der Waals surface area (Å²) >= 11 is 0. The van der Waals surface area contributed by atoms with Crippen molar-refractivity contribution in [1.82, 2.24) is 16.0 Å². The second-order valence-corrected chi connectivity index (χ2v) is 5.61. The van der Waals surface area contributed by atoms with Crippen molar-refractivity contribution in [1.29, 1.82) is 0 Å². The number of carboxylic acid groups (broad SMARTS) is 1. The largest absolute Gasteiger partial charge is 0.508 e. The highest BCUT2D eigenvalue weighted by Crippen LogP contribution is 2.10. The predicted molar refractivity (Wildman–Crippen MR) is 92.5 cm³/mol. The number of nitrogens with one attached hydrogen (secondary N) is 3. The van der Waals surface area contributed by atoms with Crippen molar-refractivity contribution in [2.24, 2.45) is 5.73 Å². The summed E-state index contributed by atoms with van der Waals surface area (Å²) in [6, 6.07) is 3.85. The van der Waals surface area contributed by atoms with Crippen LogP contribution in [-0.2, 0) is 25.6 Å². The molecule has 1 aromatic rings. The maximum absolute atomic E-state index is 11.9.